The molecule has 32 heavy (non-hydrogen) atoms. The van der Waals surface area contributed by atoms with Gasteiger partial charge in [0.05, 0.1) is 0 Å². The molecule has 0 heterocycles. The molecular weight excluding hydrogens is 384 g/mol. The summed E-state index contributed by atoms with van der Waals surface area (Å²) < 4.78 is 0. The lowest BCUT2D eigenvalue weighted by Gasteiger charge is -2.25. The van der Waals surface area contributed by atoms with Crippen molar-refractivity contribution in [3.8, 4) is 0 Å². The first-order chi connectivity index (χ1) is 15.6. The maximum atomic E-state index is 2.56. The fourth-order valence-corrected chi connectivity index (χ4v) is 6.48. The molecule has 2 aliphatic carbocycles. The van der Waals surface area contributed by atoms with E-state index in [2.05, 4.69) is 78.0 Å². The third-order valence-electron chi connectivity index (χ3n) is 8.27. The summed E-state index contributed by atoms with van der Waals surface area (Å²) in [5, 5.41) is 0. The minimum absolute atomic E-state index is 0.609. The van der Waals surface area contributed by atoms with Crippen LogP contribution in [0.3, 0.4) is 0 Å². The average molecular weight is 427 g/mol. The standard InChI is InChI=1S/C32H42/c1-7-21-13-15-23(9-3)31-27(25(11-5)19-29(21)31)17-18-28-26(12-6)20-30-22(8-2)14-16-24(10-4)32(28)30/h13-16,19-20,27-28H,7-12,17-18H2,1-6H3. The van der Waals surface area contributed by atoms with Crippen LogP contribution < -0.4 is 0 Å². The van der Waals surface area contributed by atoms with E-state index in [0.717, 1.165) is 25.7 Å². The van der Waals surface area contributed by atoms with Gasteiger partial charge in [0.15, 0.2) is 0 Å². The first kappa shape index (κ1) is 23.1. The second kappa shape index (κ2) is 9.82. The molecule has 2 aliphatic rings. The molecule has 0 spiro atoms. The number of aryl methyl sites for hydroxylation is 4. The first-order valence-corrected chi connectivity index (χ1v) is 13.3. The molecule has 0 fully saturated rings. The SMILES string of the molecule is CCC1=Cc2c(CC)ccc(CC)c2C1CCC1C(CC)=Cc2c(CC)ccc(CC)c21. The molecule has 0 saturated heterocycles. The Morgan fingerprint density at radius 2 is 0.812 bits per heavy atom. The van der Waals surface area contributed by atoms with Gasteiger partial charge in [-0.25, -0.2) is 0 Å². The summed E-state index contributed by atoms with van der Waals surface area (Å²) in [6.07, 6.45) is 14.5. The Bertz CT molecular complexity index is 961. The molecule has 0 amide bonds. The van der Waals surface area contributed by atoms with Gasteiger partial charge in [-0.2, -0.15) is 0 Å². The Labute approximate surface area is 196 Å². The second-order valence-corrected chi connectivity index (χ2v) is 9.66. The molecule has 2 aromatic carbocycles. The highest BCUT2D eigenvalue weighted by atomic mass is 14.4. The van der Waals surface area contributed by atoms with Crippen molar-refractivity contribution in [2.45, 2.75) is 105 Å². The average Bonchev–Trinajstić information content (AvgIpc) is 3.39. The molecule has 0 bridgehead atoms. The zero-order valence-corrected chi connectivity index (χ0v) is 21.3. The number of allylic oxidation sites excluding steroid dienone is 2. The lowest BCUT2D eigenvalue weighted by atomic mass is 9.79. The minimum Gasteiger partial charge on any atom is -0.0623 e. The molecule has 4 rings (SSSR count). The minimum atomic E-state index is 0.609. The number of fused-ring (bicyclic) bond motifs is 2. The maximum Gasteiger partial charge on any atom is 0.00604 e. The molecule has 0 nitrogen and oxygen atoms in total. The number of hydrogen-bond donors (Lipinski definition) is 0. The summed E-state index contributed by atoms with van der Waals surface area (Å²) in [6.45, 7) is 14.0. The van der Waals surface area contributed by atoms with E-state index in [0.29, 0.717) is 11.8 Å². The summed E-state index contributed by atoms with van der Waals surface area (Å²) in [5.41, 5.74) is 16.0. The molecule has 0 N–H and O–H groups in total. The molecular formula is C32H42. The summed E-state index contributed by atoms with van der Waals surface area (Å²) >= 11 is 0. The second-order valence-electron chi connectivity index (χ2n) is 9.66. The Hall–Kier alpha value is -2.08. The van der Waals surface area contributed by atoms with Gasteiger partial charge in [0.25, 0.3) is 0 Å². The topological polar surface area (TPSA) is 0 Å². The van der Waals surface area contributed by atoms with Crippen molar-refractivity contribution < 1.29 is 0 Å². The molecule has 0 aromatic heterocycles. The van der Waals surface area contributed by atoms with E-state index in [-0.39, 0.29) is 0 Å². The van der Waals surface area contributed by atoms with E-state index in [4.69, 9.17) is 0 Å². The normalized spacial score (nSPS) is 19.1. The third kappa shape index (κ3) is 3.81. The van der Waals surface area contributed by atoms with E-state index < -0.39 is 0 Å². The van der Waals surface area contributed by atoms with Gasteiger partial charge in [-0.15, -0.1) is 0 Å². The van der Waals surface area contributed by atoms with Crippen molar-refractivity contribution in [3.63, 3.8) is 0 Å². The predicted molar refractivity (Wildman–Crippen MR) is 142 cm³/mol. The van der Waals surface area contributed by atoms with Gasteiger partial charge in [0.1, 0.15) is 0 Å². The van der Waals surface area contributed by atoms with Gasteiger partial charge >= 0.3 is 0 Å². The Kier molecular flexibility index (Phi) is 7.08. The summed E-state index contributed by atoms with van der Waals surface area (Å²) in [4.78, 5) is 0. The molecule has 2 atom stereocenters. The van der Waals surface area contributed by atoms with E-state index in [1.54, 1.807) is 44.5 Å². The van der Waals surface area contributed by atoms with Crippen molar-refractivity contribution in [1.82, 2.24) is 0 Å². The van der Waals surface area contributed by atoms with Gasteiger partial charge < -0.3 is 0 Å². The van der Waals surface area contributed by atoms with E-state index in [1.165, 1.54) is 36.8 Å². The van der Waals surface area contributed by atoms with Crippen molar-refractivity contribution in [3.05, 3.63) is 79.9 Å². The van der Waals surface area contributed by atoms with Crippen LogP contribution in [0.2, 0.25) is 0 Å². The lowest BCUT2D eigenvalue weighted by Crippen LogP contribution is -2.09. The van der Waals surface area contributed by atoms with Gasteiger partial charge in [0.2, 0.25) is 0 Å². The van der Waals surface area contributed by atoms with Gasteiger partial charge in [-0.1, -0.05) is 89.1 Å². The first-order valence-electron chi connectivity index (χ1n) is 13.3. The van der Waals surface area contributed by atoms with Crippen LogP contribution in [0.25, 0.3) is 12.2 Å². The zero-order valence-electron chi connectivity index (χ0n) is 21.3. The molecule has 2 unspecified atom stereocenters. The summed E-state index contributed by atoms with van der Waals surface area (Å²) in [6, 6.07) is 9.60. The van der Waals surface area contributed by atoms with Crippen LogP contribution in [0.1, 0.15) is 124 Å². The van der Waals surface area contributed by atoms with Crippen LogP contribution in [0.4, 0.5) is 0 Å². The van der Waals surface area contributed by atoms with Crippen molar-refractivity contribution in [1.29, 1.82) is 0 Å². The Morgan fingerprint density at radius 1 is 0.469 bits per heavy atom. The monoisotopic (exact) mass is 426 g/mol. The van der Waals surface area contributed by atoms with Gasteiger partial charge in [0, 0.05) is 11.8 Å². The number of hydrogen-bond acceptors (Lipinski definition) is 0. The molecule has 0 heteroatoms. The van der Waals surface area contributed by atoms with Crippen LogP contribution in [0, 0.1) is 0 Å². The Balaban J connectivity index is 1.70. The Morgan fingerprint density at radius 3 is 1.12 bits per heavy atom. The molecule has 170 valence electrons. The summed E-state index contributed by atoms with van der Waals surface area (Å²) in [7, 11) is 0. The van der Waals surface area contributed by atoms with E-state index >= 15 is 0 Å². The van der Waals surface area contributed by atoms with Crippen LogP contribution in [0.5, 0.6) is 0 Å². The van der Waals surface area contributed by atoms with Crippen LogP contribution in [0.15, 0.2) is 35.4 Å². The van der Waals surface area contributed by atoms with Crippen molar-refractivity contribution in [2.24, 2.45) is 0 Å². The largest absolute Gasteiger partial charge is 0.0623 e. The fourth-order valence-electron chi connectivity index (χ4n) is 6.48. The van der Waals surface area contributed by atoms with Crippen molar-refractivity contribution in [2.75, 3.05) is 0 Å². The lowest BCUT2D eigenvalue weighted by molar-refractivity contribution is 0.591. The highest BCUT2D eigenvalue weighted by Crippen LogP contribution is 2.49. The highest BCUT2D eigenvalue weighted by molar-refractivity contribution is 5.72. The quantitative estimate of drug-likeness (QED) is 0.375. The highest BCUT2D eigenvalue weighted by Gasteiger charge is 2.32. The maximum absolute atomic E-state index is 2.56. The number of rotatable bonds is 9. The third-order valence-corrected chi connectivity index (χ3v) is 8.27. The molecule has 2 aromatic rings. The van der Waals surface area contributed by atoms with Gasteiger partial charge in [-0.3, -0.25) is 0 Å². The van der Waals surface area contributed by atoms with Crippen molar-refractivity contribution >= 4 is 12.2 Å². The molecule has 0 aliphatic heterocycles. The van der Waals surface area contributed by atoms with Crippen LogP contribution >= 0.6 is 0 Å². The number of benzene rings is 2. The fraction of sp³-hybridized carbons (Fsp3) is 0.500. The molecule has 0 radical (unpaired) electrons. The van der Waals surface area contributed by atoms with Gasteiger partial charge in [-0.05, 0) is 95.9 Å². The summed E-state index contributed by atoms with van der Waals surface area (Å²) in [5.74, 6) is 1.22. The van der Waals surface area contributed by atoms with Crippen LogP contribution in [-0.2, 0) is 25.7 Å². The van der Waals surface area contributed by atoms with E-state index in [1.807, 2.05) is 0 Å². The zero-order chi connectivity index (χ0) is 22.8. The molecule has 0 saturated carbocycles. The van der Waals surface area contributed by atoms with Crippen LogP contribution in [-0.4, -0.2) is 0 Å². The smallest absolute Gasteiger partial charge is 0.00604 e. The predicted octanol–water partition coefficient (Wildman–Crippen LogP) is 9.20. The van der Waals surface area contributed by atoms with E-state index in [9.17, 15) is 0 Å².